The van der Waals surface area contributed by atoms with E-state index in [1.165, 1.54) is 11.3 Å². The van der Waals surface area contributed by atoms with Gasteiger partial charge in [0.05, 0.1) is 29.0 Å². The van der Waals surface area contributed by atoms with Crippen LogP contribution in [0.15, 0.2) is 36.4 Å². The van der Waals surface area contributed by atoms with Gasteiger partial charge in [-0.05, 0) is 49.6 Å². The SMILES string of the molecule is CCCCNC(=O)N(C(C)C)N1CC(=O)N2[C@@H](Cc3ccc4c(c3)NC(=O)CO4)C(=O)N(Cc3cccc4sc(N)nc34)C[C@@H]21. The number of piperazine rings is 1. The second-order valence-electron chi connectivity index (χ2n) is 11.8. The highest BCUT2D eigenvalue weighted by Gasteiger charge is 2.52. The molecule has 2 saturated heterocycles. The summed E-state index contributed by atoms with van der Waals surface area (Å²) in [5.74, 6) is -0.140. The number of rotatable bonds is 9. The molecule has 3 aliphatic heterocycles. The molecule has 3 aromatic rings. The Kier molecular flexibility index (Phi) is 8.51. The number of unbranched alkanes of at least 4 members (excludes halogenated alkanes) is 1. The summed E-state index contributed by atoms with van der Waals surface area (Å²) in [4.78, 5) is 61.4. The largest absolute Gasteiger partial charge is 0.482 e. The van der Waals surface area contributed by atoms with E-state index in [2.05, 4.69) is 22.5 Å². The Morgan fingerprint density at radius 2 is 2.07 bits per heavy atom. The van der Waals surface area contributed by atoms with Crippen molar-refractivity contribution in [2.75, 3.05) is 37.3 Å². The molecule has 5 amide bonds. The van der Waals surface area contributed by atoms with Gasteiger partial charge in [-0.15, -0.1) is 0 Å². The van der Waals surface area contributed by atoms with Gasteiger partial charge in [0, 0.05) is 25.6 Å². The third-order valence-corrected chi connectivity index (χ3v) is 9.18. The summed E-state index contributed by atoms with van der Waals surface area (Å²) in [5.41, 5.74) is 8.90. The predicted octanol–water partition coefficient (Wildman–Crippen LogP) is 2.77. The van der Waals surface area contributed by atoms with Gasteiger partial charge in [0.15, 0.2) is 11.7 Å². The number of hydrogen-bond acceptors (Lipinski definition) is 9. The number of urea groups is 1. The number of hydrogen-bond donors (Lipinski definition) is 3. The van der Waals surface area contributed by atoms with Crippen molar-refractivity contribution in [2.45, 2.75) is 64.8 Å². The molecule has 6 rings (SSSR count). The number of nitrogens with one attached hydrogen (secondary N) is 2. The van der Waals surface area contributed by atoms with E-state index >= 15 is 0 Å². The van der Waals surface area contributed by atoms with Gasteiger partial charge < -0.3 is 30.9 Å². The van der Waals surface area contributed by atoms with Crippen LogP contribution < -0.4 is 21.1 Å². The number of hydrazine groups is 1. The number of nitrogens with two attached hydrogens (primary N) is 1. The summed E-state index contributed by atoms with van der Waals surface area (Å²) >= 11 is 1.39. The highest BCUT2D eigenvalue weighted by atomic mass is 32.1. The number of nitrogen functional groups attached to an aromatic ring is 1. The lowest BCUT2D eigenvalue weighted by molar-refractivity contribution is -0.158. The van der Waals surface area contributed by atoms with E-state index in [1.54, 1.807) is 32.0 Å². The predicted molar refractivity (Wildman–Crippen MR) is 170 cm³/mol. The summed E-state index contributed by atoms with van der Waals surface area (Å²) in [5, 5.41) is 9.66. The number of nitrogens with zero attached hydrogens (tertiary/aromatic N) is 5. The van der Waals surface area contributed by atoms with Gasteiger partial charge in [0.25, 0.3) is 5.91 Å². The molecular formula is C31H38N8O5S. The molecule has 2 aromatic carbocycles. The number of anilines is 2. The first kappa shape index (κ1) is 30.6. The molecule has 0 radical (unpaired) electrons. The van der Waals surface area contributed by atoms with Crippen molar-refractivity contribution in [2.24, 2.45) is 0 Å². The van der Waals surface area contributed by atoms with Crippen LogP contribution >= 0.6 is 11.3 Å². The highest BCUT2D eigenvalue weighted by molar-refractivity contribution is 7.22. The number of ether oxygens (including phenoxy) is 1. The molecule has 238 valence electrons. The van der Waals surface area contributed by atoms with Gasteiger partial charge in [-0.2, -0.15) is 5.01 Å². The average molecular weight is 635 g/mol. The summed E-state index contributed by atoms with van der Waals surface area (Å²) < 4.78 is 6.44. The molecular weight excluding hydrogens is 596 g/mol. The van der Waals surface area contributed by atoms with Gasteiger partial charge in [0.1, 0.15) is 18.0 Å². The maximum Gasteiger partial charge on any atom is 0.332 e. The number of fused-ring (bicyclic) bond motifs is 3. The Morgan fingerprint density at radius 1 is 1.24 bits per heavy atom. The molecule has 45 heavy (non-hydrogen) atoms. The van der Waals surface area contributed by atoms with Crippen molar-refractivity contribution in [3.63, 3.8) is 0 Å². The molecule has 1 aromatic heterocycles. The van der Waals surface area contributed by atoms with Crippen molar-refractivity contribution in [3.8, 4) is 5.75 Å². The second kappa shape index (κ2) is 12.5. The van der Waals surface area contributed by atoms with Crippen LogP contribution in [-0.2, 0) is 27.3 Å². The summed E-state index contributed by atoms with van der Waals surface area (Å²) in [6.45, 7) is 6.78. The number of aromatic nitrogens is 1. The van der Waals surface area contributed by atoms with E-state index in [9.17, 15) is 19.2 Å². The van der Waals surface area contributed by atoms with E-state index in [0.29, 0.717) is 23.1 Å². The maximum absolute atomic E-state index is 14.3. The average Bonchev–Trinajstić information content (AvgIpc) is 3.54. The smallest absolute Gasteiger partial charge is 0.332 e. The number of benzene rings is 2. The van der Waals surface area contributed by atoms with E-state index in [0.717, 1.165) is 34.2 Å². The maximum atomic E-state index is 14.3. The minimum atomic E-state index is -0.837. The second-order valence-corrected chi connectivity index (χ2v) is 12.9. The zero-order chi connectivity index (χ0) is 31.8. The zero-order valence-electron chi connectivity index (χ0n) is 25.6. The molecule has 0 saturated carbocycles. The number of para-hydroxylation sites is 1. The summed E-state index contributed by atoms with van der Waals surface area (Å²) in [6, 6.07) is 9.84. The normalized spacial score (nSPS) is 19.9. The van der Waals surface area contributed by atoms with Gasteiger partial charge in [-0.25, -0.2) is 9.78 Å². The molecule has 14 heteroatoms. The molecule has 0 bridgehead atoms. The Balaban J connectivity index is 1.35. The molecule has 2 fully saturated rings. The molecule has 2 atom stereocenters. The van der Waals surface area contributed by atoms with Gasteiger partial charge >= 0.3 is 6.03 Å². The number of carbonyl (C=O) groups is 4. The fourth-order valence-electron chi connectivity index (χ4n) is 6.30. The molecule has 4 N–H and O–H groups in total. The highest BCUT2D eigenvalue weighted by Crippen LogP contribution is 2.34. The molecule has 0 spiro atoms. The minimum Gasteiger partial charge on any atom is -0.482 e. The number of thiazole rings is 1. The van der Waals surface area contributed by atoms with Crippen LogP contribution in [0.1, 0.15) is 44.7 Å². The van der Waals surface area contributed by atoms with E-state index in [4.69, 9.17) is 10.5 Å². The summed E-state index contributed by atoms with van der Waals surface area (Å²) in [6.07, 6.45) is 1.43. The van der Waals surface area contributed by atoms with Crippen LogP contribution in [-0.4, -0.2) is 93.0 Å². The van der Waals surface area contributed by atoms with Crippen LogP contribution in [0.3, 0.4) is 0 Å². The Hall–Kier alpha value is -4.43. The van der Waals surface area contributed by atoms with Crippen molar-refractivity contribution < 1.29 is 23.9 Å². The van der Waals surface area contributed by atoms with Crippen LogP contribution in [0.2, 0.25) is 0 Å². The molecule has 0 aliphatic carbocycles. The lowest BCUT2D eigenvalue weighted by Gasteiger charge is -2.47. The van der Waals surface area contributed by atoms with Crippen LogP contribution in [0.4, 0.5) is 15.6 Å². The Bertz CT molecular complexity index is 1640. The lowest BCUT2D eigenvalue weighted by Crippen LogP contribution is -2.66. The third kappa shape index (κ3) is 5.99. The quantitative estimate of drug-likeness (QED) is 0.304. The standard InChI is InChI=1S/C31H38N8O5S/c1-4-5-11-33-31(43)39(18(2)3)37-16-27(41)38-22(13-19-9-10-23-21(12-19)34-25(40)17-44-23)29(42)36(15-26(37)38)14-20-7-6-8-24-28(20)35-30(32)45-24/h6-10,12,18,22,26H,4-5,11,13-17H2,1-3H3,(H2,32,35)(H,33,43)(H,34,40)/t22-,26+/m0/s1. The van der Waals surface area contributed by atoms with Crippen LogP contribution in [0.5, 0.6) is 5.75 Å². The first-order chi connectivity index (χ1) is 21.6. The Morgan fingerprint density at radius 3 is 2.84 bits per heavy atom. The van der Waals surface area contributed by atoms with Gasteiger partial charge in [0.2, 0.25) is 11.8 Å². The number of amides is 5. The van der Waals surface area contributed by atoms with Gasteiger partial charge in [-0.1, -0.05) is 42.9 Å². The summed E-state index contributed by atoms with van der Waals surface area (Å²) in [7, 11) is 0. The molecule has 0 unspecified atom stereocenters. The van der Waals surface area contributed by atoms with Crippen molar-refractivity contribution in [1.29, 1.82) is 0 Å². The fraction of sp³-hybridized carbons (Fsp3) is 0.452. The van der Waals surface area contributed by atoms with E-state index < -0.39 is 12.2 Å². The van der Waals surface area contributed by atoms with Crippen molar-refractivity contribution in [1.82, 2.24) is 30.1 Å². The van der Waals surface area contributed by atoms with E-state index in [-0.39, 0.29) is 62.5 Å². The molecule has 13 nitrogen and oxygen atoms in total. The minimum absolute atomic E-state index is 0.0338. The molecule has 4 heterocycles. The van der Waals surface area contributed by atoms with E-state index in [1.807, 2.05) is 38.1 Å². The first-order valence-electron chi connectivity index (χ1n) is 15.3. The van der Waals surface area contributed by atoms with Crippen molar-refractivity contribution in [3.05, 3.63) is 47.5 Å². The molecule has 3 aliphatic rings. The Labute approximate surface area is 265 Å². The lowest BCUT2D eigenvalue weighted by atomic mass is 9.99. The fourth-order valence-corrected chi connectivity index (χ4v) is 7.08. The van der Waals surface area contributed by atoms with Crippen molar-refractivity contribution >= 4 is 56.1 Å². The zero-order valence-corrected chi connectivity index (χ0v) is 26.4. The van der Waals surface area contributed by atoms with Gasteiger partial charge in [-0.3, -0.25) is 19.4 Å². The third-order valence-electron chi connectivity index (χ3n) is 8.33. The first-order valence-corrected chi connectivity index (χ1v) is 16.1. The monoisotopic (exact) mass is 634 g/mol. The number of carbonyl (C=O) groups excluding carboxylic acids is 4. The topological polar surface area (TPSA) is 153 Å². The van der Waals surface area contributed by atoms with Crippen LogP contribution in [0, 0.1) is 0 Å². The van der Waals surface area contributed by atoms with Crippen LogP contribution in [0.25, 0.3) is 10.2 Å².